The van der Waals surface area contributed by atoms with E-state index in [4.69, 9.17) is 18.9 Å². The van der Waals surface area contributed by atoms with Gasteiger partial charge in [-0.3, -0.25) is 4.79 Å². The maximum absolute atomic E-state index is 11.1. The van der Waals surface area contributed by atoms with Gasteiger partial charge < -0.3 is 49.8 Å². The second kappa shape index (κ2) is 10.7. The second-order valence-corrected chi connectivity index (χ2v) is 7.56. The van der Waals surface area contributed by atoms with Crippen molar-refractivity contribution in [1.82, 2.24) is 0 Å². The average Bonchev–Trinajstić information content (AvgIpc) is 2.76. The predicted octanol–water partition coefficient (Wildman–Crippen LogP) is -1.29. The van der Waals surface area contributed by atoms with Gasteiger partial charge in [0.1, 0.15) is 36.3 Å². The molecule has 1 unspecified atom stereocenters. The summed E-state index contributed by atoms with van der Waals surface area (Å²) in [6.45, 7) is 0.466. The zero-order valence-corrected chi connectivity index (χ0v) is 17.0. The SMILES string of the molecule is CC(=O)Nc1ccc(O[C@@H]2CC[C@H](O[C@@H]3O[C@H](CO)[C@H](O)[C@H](O)[C@H]3O)C(CO)O2)cc1. The summed E-state index contributed by atoms with van der Waals surface area (Å²) in [7, 11) is 0. The Kier molecular flexibility index (Phi) is 8.19. The molecule has 31 heavy (non-hydrogen) atoms. The molecule has 2 aliphatic heterocycles. The van der Waals surface area contributed by atoms with Crippen LogP contribution in [0.1, 0.15) is 19.8 Å². The van der Waals surface area contributed by atoms with Crippen LogP contribution in [0.3, 0.4) is 0 Å². The molecule has 2 aliphatic rings. The number of hydrogen-bond donors (Lipinski definition) is 6. The molecule has 0 aliphatic carbocycles. The molecule has 6 N–H and O–H groups in total. The fourth-order valence-corrected chi connectivity index (χ4v) is 3.56. The Morgan fingerprint density at radius 1 is 1.00 bits per heavy atom. The van der Waals surface area contributed by atoms with Gasteiger partial charge in [0.05, 0.1) is 19.3 Å². The lowest BCUT2D eigenvalue weighted by Crippen LogP contribution is -2.60. The molecule has 0 spiro atoms. The van der Waals surface area contributed by atoms with E-state index in [0.29, 0.717) is 24.3 Å². The van der Waals surface area contributed by atoms with Crippen molar-refractivity contribution in [2.75, 3.05) is 18.5 Å². The van der Waals surface area contributed by atoms with Crippen molar-refractivity contribution in [3.05, 3.63) is 24.3 Å². The van der Waals surface area contributed by atoms with Gasteiger partial charge >= 0.3 is 0 Å². The number of rotatable bonds is 7. The van der Waals surface area contributed by atoms with Gasteiger partial charge in [0, 0.05) is 19.0 Å². The molecule has 11 nitrogen and oxygen atoms in total. The number of benzene rings is 1. The number of carbonyl (C=O) groups is 1. The van der Waals surface area contributed by atoms with E-state index >= 15 is 0 Å². The van der Waals surface area contributed by atoms with Crippen molar-refractivity contribution in [2.45, 2.75) is 69.0 Å². The Morgan fingerprint density at radius 3 is 2.29 bits per heavy atom. The van der Waals surface area contributed by atoms with Crippen LogP contribution < -0.4 is 10.1 Å². The lowest BCUT2D eigenvalue weighted by molar-refractivity contribution is -0.329. The summed E-state index contributed by atoms with van der Waals surface area (Å²) in [5.74, 6) is 0.338. The highest BCUT2D eigenvalue weighted by Crippen LogP contribution is 2.29. The van der Waals surface area contributed by atoms with Crippen molar-refractivity contribution in [2.24, 2.45) is 0 Å². The van der Waals surface area contributed by atoms with Crippen LogP contribution in [0.5, 0.6) is 5.75 Å². The molecule has 11 heteroatoms. The normalized spacial score (nSPS) is 36.1. The number of aliphatic hydroxyl groups excluding tert-OH is 5. The molecule has 0 saturated carbocycles. The molecule has 1 aromatic rings. The van der Waals surface area contributed by atoms with Crippen LogP contribution >= 0.6 is 0 Å². The van der Waals surface area contributed by atoms with E-state index in [1.807, 2.05) is 0 Å². The van der Waals surface area contributed by atoms with E-state index in [2.05, 4.69) is 5.32 Å². The van der Waals surface area contributed by atoms with E-state index in [0.717, 1.165) is 0 Å². The van der Waals surface area contributed by atoms with Crippen LogP contribution in [-0.4, -0.2) is 93.9 Å². The maximum Gasteiger partial charge on any atom is 0.221 e. The minimum absolute atomic E-state index is 0.180. The van der Waals surface area contributed by atoms with Crippen molar-refractivity contribution < 1.29 is 49.3 Å². The van der Waals surface area contributed by atoms with Gasteiger partial charge in [-0.25, -0.2) is 0 Å². The number of carbonyl (C=O) groups excluding carboxylic acids is 1. The standard InChI is InChI=1S/C20H29NO10/c1-10(24)21-11-2-4-12(5-3-11)28-16-7-6-13(14(8-22)29-16)30-20-19(27)18(26)17(25)15(9-23)31-20/h2-5,13-20,22-23,25-27H,6-9H2,1H3,(H,21,24)/t13-,14?,15+,16-,17-,18-,19+,20+/m0/s1. The van der Waals surface area contributed by atoms with Gasteiger partial charge in [0.25, 0.3) is 0 Å². The Morgan fingerprint density at radius 2 is 1.68 bits per heavy atom. The molecular formula is C20H29NO10. The van der Waals surface area contributed by atoms with Gasteiger partial charge in [0.15, 0.2) is 12.6 Å². The van der Waals surface area contributed by atoms with Crippen LogP contribution in [-0.2, 0) is 19.0 Å². The topological polar surface area (TPSA) is 167 Å². The predicted molar refractivity (Wildman–Crippen MR) is 105 cm³/mol. The zero-order valence-electron chi connectivity index (χ0n) is 17.0. The Balaban J connectivity index is 1.56. The Bertz CT molecular complexity index is 714. The highest BCUT2D eigenvalue weighted by atomic mass is 16.7. The molecule has 0 aromatic heterocycles. The molecule has 174 valence electrons. The van der Waals surface area contributed by atoms with Crippen LogP contribution in [0.2, 0.25) is 0 Å². The molecule has 8 atom stereocenters. The zero-order chi connectivity index (χ0) is 22.5. The molecule has 2 saturated heterocycles. The molecule has 1 amide bonds. The van der Waals surface area contributed by atoms with Crippen LogP contribution in [0.25, 0.3) is 0 Å². The number of anilines is 1. The average molecular weight is 443 g/mol. The third-order valence-electron chi connectivity index (χ3n) is 5.21. The van der Waals surface area contributed by atoms with Gasteiger partial charge in [0.2, 0.25) is 5.91 Å². The van der Waals surface area contributed by atoms with Crippen LogP contribution in [0.4, 0.5) is 5.69 Å². The number of nitrogens with one attached hydrogen (secondary N) is 1. The second-order valence-electron chi connectivity index (χ2n) is 7.56. The molecule has 0 radical (unpaired) electrons. The third kappa shape index (κ3) is 5.90. The molecular weight excluding hydrogens is 414 g/mol. The molecule has 3 rings (SSSR count). The van der Waals surface area contributed by atoms with E-state index in [9.17, 15) is 30.3 Å². The van der Waals surface area contributed by atoms with Crippen LogP contribution in [0, 0.1) is 0 Å². The number of hydrogen-bond acceptors (Lipinski definition) is 10. The summed E-state index contributed by atoms with van der Waals surface area (Å²) in [6, 6.07) is 6.74. The largest absolute Gasteiger partial charge is 0.465 e. The first-order chi connectivity index (χ1) is 14.8. The van der Waals surface area contributed by atoms with Crippen molar-refractivity contribution in [3.8, 4) is 5.75 Å². The number of aliphatic hydroxyl groups is 5. The van der Waals surface area contributed by atoms with Gasteiger partial charge in [-0.1, -0.05) is 0 Å². The third-order valence-corrected chi connectivity index (χ3v) is 5.21. The minimum atomic E-state index is -1.55. The maximum atomic E-state index is 11.1. The summed E-state index contributed by atoms with van der Waals surface area (Å²) in [5.41, 5.74) is 0.630. The van der Waals surface area contributed by atoms with Crippen molar-refractivity contribution in [1.29, 1.82) is 0 Å². The van der Waals surface area contributed by atoms with Crippen molar-refractivity contribution in [3.63, 3.8) is 0 Å². The highest BCUT2D eigenvalue weighted by molar-refractivity contribution is 5.88. The summed E-state index contributed by atoms with van der Waals surface area (Å²) in [5, 5.41) is 51.6. The molecule has 2 fully saturated rings. The number of ether oxygens (including phenoxy) is 4. The van der Waals surface area contributed by atoms with E-state index in [1.54, 1.807) is 24.3 Å². The first-order valence-corrected chi connectivity index (χ1v) is 10.1. The first kappa shape index (κ1) is 23.8. The summed E-state index contributed by atoms with van der Waals surface area (Å²) in [6.07, 6.45) is -8.27. The smallest absolute Gasteiger partial charge is 0.221 e. The van der Waals surface area contributed by atoms with Gasteiger partial charge in [-0.15, -0.1) is 0 Å². The fourth-order valence-electron chi connectivity index (χ4n) is 3.56. The number of amides is 1. The van der Waals surface area contributed by atoms with Crippen molar-refractivity contribution >= 4 is 11.6 Å². The monoisotopic (exact) mass is 443 g/mol. The summed E-state index contributed by atoms with van der Waals surface area (Å²) in [4.78, 5) is 11.1. The lowest BCUT2D eigenvalue weighted by Gasteiger charge is -2.43. The molecule has 0 bridgehead atoms. The van der Waals surface area contributed by atoms with E-state index < -0.39 is 55.8 Å². The highest BCUT2D eigenvalue weighted by Gasteiger charge is 2.46. The molecule has 1 aromatic carbocycles. The summed E-state index contributed by atoms with van der Waals surface area (Å²) < 4.78 is 22.6. The van der Waals surface area contributed by atoms with E-state index in [1.165, 1.54) is 6.92 Å². The van der Waals surface area contributed by atoms with E-state index in [-0.39, 0.29) is 12.5 Å². The lowest BCUT2D eigenvalue weighted by atomic mass is 9.99. The Labute approximate surface area is 179 Å². The molecule has 2 heterocycles. The quantitative estimate of drug-likeness (QED) is 0.298. The van der Waals surface area contributed by atoms with Crippen LogP contribution in [0.15, 0.2) is 24.3 Å². The van der Waals surface area contributed by atoms with Gasteiger partial charge in [-0.05, 0) is 30.7 Å². The Hall–Kier alpha value is -1.83. The minimum Gasteiger partial charge on any atom is -0.465 e. The van der Waals surface area contributed by atoms with Gasteiger partial charge in [-0.2, -0.15) is 0 Å². The summed E-state index contributed by atoms with van der Waals surface area (Å²) >= 11 is 0. The first-order valence-electron chi connectivity index (χ1n) is 10.1. The fraction of sp³-hybridized carbons (Fsp3) is 0.650.